The maximum Gasteiger partial charge on any atom is 0.266 e. The lowest BCUT2D eigenvalue weighted by molar-refractivity contribution is -0.112. The Hall–Kier alpha value is -2.61. The second kappa shape index (κ2) is 9.03. The largest absolute Gasteiger partial charge is 0.478 e. The molecule has 1 N–H and O–H groups in total. The first-order valence-electron chi connectivity index (χ1n) is 7.01. The van der Waals surface area contributed by atoms with E-state index in [0.717, 1.165) is 8.95 Å². The molecule has 5 nitrogen and oxygen atoms in total. The summed E-state index contributed by atoms with van der Waals surface area (Å²) >= 11 is 6.66. The van der Waals surface area contributed by atoms with Crippen LogP contribution in [0.5, 0.6) is 5.75 Å². The van der Waals surface area contributed by atoms with Gasteiger partial charge in [0, 0.05) is 20.2 Å². The zero-order chi connectivity index (χ0) is 18.2. The molecule has 0 spiro atoms. The number of hydrogen-bond donors (Lipinski definition) is 1. The van der Waals surface area contributed by atoms with Crippen molar-refractivity contribution in [3.63, 3.8) is 0 Å². The number of halogens is 2. The number of benzene rings is 2. The number of carbonyl (C=O) groups excluding carboxylic acids is 1. The lowest BCUT2D eigenvalue weighted by Gasteiger charge is -2.08. The third kappa shape index (κ3) is 5.46. The smallest absolute Gasteiger partial charge is 0.266 e. The second-order valence-electron chi connectivity index (χ2n) is 4.76. The third-order valence-electron chi connectivity index (χ3n) is 3.01. The van der Waals surface area contributed by atoms with Crippen LogP contribution < -0.4 is 10.1 Å². The van der Waals surface area contributed by atoms with Crippen LogP contribution >= 0.6 is 31.9 Å². The maximum atomic E-state index is 12.3. The molecule has 0 radical (unpaired) electrons. The van der Waals surface area contributed by atoms with E-state index in [9.17, 15) is 10.1 Å². The standard InChI is InChI=1S/C18H11Br2N3O2/c19-14-2-1-3-16(10-14)23-18(24)13(11-22)8-12-9-15(20)4-5-17(12)25-7-6-21/h1-5,8-10H,7H2,(H,23,24)/b13-8-. The Morgan fingerprint density at radius 2 is 1.92 bits per heavy atom. The van der Waals surface area contributed by atoms with E-state index >= 15 is 0 Å². The SMILES string of the molecule is N#CCOc1ccc(Br)cc1/C=C(/C#N)C(=O)Nc1cccc(Br)c1. The highest BCUT2D eigenvalue weighted by Crippen LogP contribution is 2.26. The van der Waals surface area contributed by atoms with E-state index in [1.807, 2.05) is 18.2 Å². The van der Waals surface area contributed by atoms with Gasteiger partial charge in [0.15, 0.2) is 6.61 Å². The molecular weight excluding hydrogens is 450 g/mol. The summed E-state index contributed by atoms with van der Waals surface area (Å²) in [6.45, 7) is -0.130. The van der Waals surface area contributed by atoms with E-state index in [-0.39, 0.29) is 12.2 Å². The van der Waals surface area contributed by atoms with Gasteiger partial charge in [0.1, 0.15) is 23.5 Å². The van der Waals surface area contributed by atoms with Crippen molar-refractivity contribution in [2.45, 2.75) is 0 Å². The molecule has 0 heterocycles. The molecule has 0 aliphatic carbocycles. The first-order valence-corrected chi connectivity index (χ1v) is 8.60. The highest BCUT2D eigenvalue weighted by Gasteiger charge is 2.12. The summed E-state index contributed by atoms with van der Waals surface area (Å²) in [5.41, 5.74) is 1.00. The molecule has 0 atom stereocenters. The highest BCUT2D eigenvalue weighted by atomic mass is 79.9. The molecule has 25 heavy (non-hydrogen) atoms. The fraction of sp³-hybridized carbons (Fsp3) is 0.0556. The van der Waals surface area contributed by atoms with Gasteiger partial charge in [0.05, 0.1) is 0 Å². The topological polar surface area (TPSA) is 85.9 Å². The lowest BCUT2D eigenvalue weighted by atomic mass is 10.1. The van der Waals surface area contributed by atoms with Crippen LogP contribution in [-0.4, -0.2) is 12.5 Å². The normalized spacial score (nSPS) is 10.5. The summed E-state index contributed by atoms with van der Waals surface area (Å²) in [4.78, 5) is 12.3. The number of carbonyl (C=O) groups is 1. The van der Waals surface area contributed by atoms with Crippen LogP contribution in [0.2, 0.25) is 0 Å². The van der Waals surface area contributed by atoms with Crippen molar-refractivity contribution in [1.29, 1.82) is 10.5 Å². The predicted molar refractivity (Wildman–Crippen MR) is 102 cm³/mol. The molecule has 0 fully saturated rings. The van der Waals surface area contributed by atoms with Gasteiger partial charge in [-0.2, -0.15) is 10.5 Å². The molecule has 7 heteroatoms. The molecule has 0 saturated carbocycles. The molecule has 0 unspecified atom stereocenters. The van der Waals surface area contributed by atoms with Crippen LogP contribution in [0.15, 0.2) is 57.0 Å². The molecule has 2 aromatic rings. The van der Waals surface area contributed by atoms with E-state index in [4.69, 9.17) is 10.00 Å². The fourth-order valence-corrected chi connectivity index (χ4v) is 2.72. The van der Waals surface area contributed by atoms with Crippen molar-refractivity contribution in [1.82, 2.24) is 0 Å². The van der Waals surface area contributed by atoms with Crippen molar-refractivity contribution in [2.24, 2.45) is 0 Å². The predicted octanol–water partition coefficient (Wildman–Crippen LogP) is 4.66. The van der Waals surface area contributed by atoms with Gasteiger partial charge >= 0.3 is 0 Å². The molecule has 0 aromatic heterocycles. The van der Waals surface area contributed by atoms with Crippen molar-refractivity contribution in [3.8, 4) is 17.9 Å². The average Bonchev–Trinajstić information content (AvgIpc) is 2.58. The number of nitrogens with zero attached hydrogens (tertiary/aromatic N) is 2. The zero-order valence-electron chi connectivity index (χ0n) is 12.8. The molecule has 0 saturated heterocycles. The van der Waals surface area contributed by atoms with Gasteiger partial charge in [-0.25, -0.2) is 0 Å². The molecule has 2 aromatic carbocycles. The Bertz CT molecular complexity index is 911. The number of hydrogen-bond acceptors (Lipinski definition) is 4. The molecule has 0 aliphatic rings. The second-order valence-corrected chi connectivity index (χ2v) is 6.59. The number of ether oxygens (including phenoxy) is 1. The van der Waals surface area contributed by atoms with Crippen LogP contribution in [0.4, 0.5) is 5.69 Å². The van der Waals surface area contributed by atoms with Gasteiger partial charge in [-0.05, 0) is 42.5 Å². The van der Waals surface area contributed by atoms with Gasteiger partial charge < -0.3 is 10.1 Å². The van der Waals surface area contributed by atoms with Gasteiger partial charge in [-0.1, -0.05) is 37.9 Å². The van der Waals surface area contributed by atoms with Crippen LogP contribution in [0.1, 0.15) is 5.56 Å². The minimum Gasteiger partial charge on any atom is -0.478 e. The van der Waals surface area contributed by atoms with Gasteiger partial charge in [0.2, 0.25) is 0 Å². The van der Waals surface area contributed by atoms with E-state index in [0.29, 0.717) is 17.0 Å². The summed E-state index contributed by atoms with van der Waals surface area (Å²) in [5.74, 6) is -0.125. The van der Waals surface area contributed by atoms with Crippen LogP contribution in [0.25, 0.3) is 6.08 Å². The Balaban J connectivity index is 2.30. The number of rotatable bonds is 5. The first kappa shape index (κ1) is 18.7. The first-order chi connectivity index (χ1) is 12.0. The van der Waals surface area contributed by atoms with E-state index < -0.39 is 5.91 Å². The van der Waals surface area contributed by atoms with Crippen LogP contribution in [0, 0.1) is 22.7 Å². The third-order valence-corrected chi connectivity index (χ3v) is 4.00. The van der Waals surface area contributed by atoms with Crippen molar-refractivity contribution in [3.05, 3.63) is 62.5 Å². The quantitative estimate of drug-likeness (QED) is 0.519. The fourth-order valence-electron chi connectivity index (χ4n) is 1.94. The van der Waals surface area contributed by atoms with Gasteiger partial charge in [-0.15, -0.1) is 0 Å². The summed E-state index contributed by atoms with van der Waals surface area (Å²) in [6, 6.07) is 15.9. The van der Waals surface area contributed by atoms with E-state index in [2.05, 4.69) is 37.2 Å². The minimum atomic E-state index is -0.535. The highest BCUT2D eigenvalue weighted by molar-refractivity contribution is 9.10. The number of nitriles is 2. The Labute approximate surface area is 161 Å². The summed E-state index contributed by atoms with van der Waals surface area (Å²) < 4.78 is 6.90. The Kier molecular flexibility index (Phi) is 6.76. The Morgan fingerprint density at radius 1 is 1.16 bits per heavy atom. The minimum absolute atomic E-state index is 0.0834. The number of nitrogens with one attached hydrogen (secondary N) is 1. The molecule has 1 amide bonds. The maximum absolute atomic E-state index is 12.3. The molecule has 2 rings (SSSR count). The zero-order valence-corrected chi connectivity index (χ0v) is 16.0. The van der Waals surface area contributed by atoms with Crippen molar-refractivity contribution in [2.75, 3.05) is 11.9 Å². The lowest BCUT2D eigenvalue weighted by Crippen LogP contribution is -2.13. The number of amides is 1. The molecular formula is C18H11Br2N3O2. The van der Waals surface area contributed by atoms with Gasteiger partial charge in [0.25, 0.3) is 5.91 Å². The van der Waals surface area contributed by atoms with E-state index in [1.54, 1.807) is 36.4 Å². The Morgan fingerprint density at radius 3 is 2.60 bits per heavy atom. The molecule has 124 valence electrons. The molecule has 0 bridgehead atoms. The molecule has 0 aliphatic heterocycles. The monoisotopic (exact) mass is 459 g/mol. The summed E-state index contributed by atoms with van der Waals surface area (Å²) in [7, 11) is 0. The van der Waals surface area contributed by atoms with Crippen LogP contribution in [0.3, 0.4) is 0 Å². The summed E-state index contributed by atoms with van der Waals surface area (Å²) in [6.07, 6.45) is 1.42. The summed E-state index contributed by atoms with van der Waals surface area (Å²) in [5, 5.41) is 20.7. The van der Waals surface area contributed by atoms with Crippen molar-refractivity contribution < 1.29 is 9.53 Å². The van der Waals surface area contributed by atoms with Crippen molar-refractivity contribution >= 4 is 49.5 Å². The van der Waals surface area contributed by atoms with Crippen LogP contribution in [-0.2, 0) is 4.79 Å². The van der Waals surface area contributed by atoms with E-state index in [1.165, 1.54) is 6.08 Å². The number of anilines is 1. The average molecular weight is 461 g/mol. The van der Waals surface area contributed by atoms with Gasteiger partial charge in [-0.3, -0.25) is 4.79 Å².